The van der Waals surface area contributed by atoms with Crippen LogP contribution in [0.3, 0.4) is 0 Å². The Labute approximate surface area is 163 Å². The summed E-state index contributed by atoms with van der Waals surface area (Å²) in [6.45, 7) is 7.28. The van der Waals surface area contributed by atoms with E-state index in [0.717, 1.165) is 6.20 Å². The second-order valence-corrected chi connectivity index (χ2v) is 7.09. The number of rotatable bonds is 4. The van der Waals surface area contributed by atoms with E-state index in [1.807, 2.05) is 0 Å². The minimum absolute atomic E-state index is 0.0276. The van der Waals surface area contributed by atoms with Crippen molar-refractivity contribution in [2.24, 2.45) is 0 Å². The standard InChI is InChI=1S/C16H17ClN6O5/c1-5-23-10-7(14(24)25)6-18-11(17)8(10)19-13(23)9-12(22-28-21-9)20-15(26)27-16(2,3)4/h6H,5H2,1-4H3,(H,24,25)(H,20,22,26). The van der Waals surface area contributed by atoms with Crippen molar-refractivity contribution in [1.82, 2.24) is 24.8 Å². The van der Waals surface area contributed by atoms with Gasteiger partial charge in [0.15, 0.2) is 16.7 Å². The number of ether oxygens (including phenoxy) is 1. The lowest BCUT2D eigenvalue weighted by Gasteiger charge is -2.19. The largest absolute Gasteiger partial charge is 0.478 e. The third-order valence-electron chi connectivity index (χ3n) is 3.59. The molecule has 28 heavy (non-hydrogen) atoms. The fraction of sp³-hybridized carbons (Fsp3) is 0.375. The van der Waals surface area contributed by atoms with Gasteiger partial charge >= 0.3 is 12.1 Å². The van der Waals surface area contributed by atoms with Gasteiger partial charge in [0, 0.05) is 12.7 Å². The van der Waals surface area contributed by atoms with Crippen LogP contribution >= 0.6 is 11.6 Å². The van der Waals surface area contributed by atoms with Crippen LogP contribution in [0.15, 0.2) is 10.8 Å². The van der Waals surface area contributed by atoms with E-state index in [2.05, 4.69) is 25.6 Å². The molecule has 3 heterocycles. The van der Waals surface area contributed by atoms with Gasteiger partial charge in [0.1, 0.15) is 16.7 Å². The van der Waals surface area contributed by atoms with Gasteiger partial charge in [-0.1, -0.05) is 11.6 Å². The zero-order valence-corrected chi connectivity index (χ0v) is 16.2. The lowest BCUT2D eigenvalue weighted by molar-refractivity contribution is 0.0632. The maximum Gasteiger partial charge on any atom is 0.413 e. The molecule has 0 spiro atoms. The summed E-state index contributed by atoms with van der Waals surface area (Å²) in [5, 5.41) is 19.4. The van der Waals surface area contributed by atoms with Crippen LogP contribution in [0.2, 0.25) is 5.15 Å². The van der Waals surface area contributed by atoms with Gasteiger partial charge < -0.3 is 14.4 Å². The first-order chi connectivity index (χ1) is 13.1. The number of imidazole rings is 1. The minimum atomic E-state index is -1.18. The van der Waals surface area contributed by atoms with Gasteiger partial charge in [-0.15, -0.1) is 0 Å². The van der Waals surface area contributed by atoms with Crippen LogP contribution < -0.4 is 5.32 Å². The number of hydrogen-bond acceptors (Lipinski definition) is 8. The molecule has 148 valence electrons. The molecule has 0 aromatic carbocycles. The van der Waals surface area contributed by atoms with Gasteiger partial charge in [-0.25, -0.2) is 24.2 Å². The van der Waals surface area contributed by atoms with Crippen LogP contribution in [0.4, 0.5) is 10.6 Å². The van der Waals surface area contributed by atoms with E-state index in [1.54, 1.807) is 32.3 Å². The van der Waals surface area contributed by atoms with E-state index in [4.69, 9.17) is 21.0 Å². The Morgan fingerprint density at radius 3 is 2.68 bits per heavy atom. The number of halogens is 1. The summed E-state index contributed by atoms with van der Waals surface area (Å²) in [6, 6.07) is 0. The highest BCUT2D eigenvalue weighted by Crippen LogP contribution is 2.32. The molecule has 1 amide bonds. The molecule has 11 nitrogen and oxygen atoms in total. The number of fused-ring (bicyclic) bond motifs is 1. The van der Waals surface area contributed by atoms with Gasteiger partial charge in [0.25, 0.3) is 0 Å². The summed E-state index contributed by atoms with van der Waals surface area (Å²) in [5.74, 6) is -0.997. The monoisotopic (exact) mass is 408 g/mol. The Morgan fingerprint density at radius 2 is 2.07 bits per heavy atom. The average molecular weight is 409 g/mol. The minimum Gasteiger partial charge on any atom is -0.478 e. The third kappa shape index (κ3) is 3.60. The summed E-state index contributed by atoms with van der Waals surface area (Å²) in [4.78, 5) is 31.9. The molecule has 0 fully saturated rings. The van der Waals surface area contributed by atoms with Crippen LogP contribution in [0, 0.1) is 0 Å². The molecule has 0 aliphatic carbocycles. The lowest BCUT2D eigenvalue weighted by atomic mass is 10.2. The second-order valence-electron chi connectivity index (χ2n) is 6.73. The van der Waals surface area contributed by atoms with Crippen molar-refractivity contribution in [2.75, 3.05) is 5.32 Å². The van der Waals surface area contributed by atoms with E-state index in [-0.39, 0.29) is 39.1 Å². The van der Waals surface area contributed by atoms with E-state index < -0.39 is 17.7 Å². The van der Waals surface area contributed by atoms with Gasteiger partial charge in [-0.05, 0) is 38.0 Å². The molecule has 0 radical (unpaired) electrons. The van der Waals surface area contributed by atoms with Crippen LogP contribution in [-0.2, 0) is 11.3 Å². The molecule has 0 bridgehead atoms. The molecule has 0 saturated carbocycles. The quantitative estimate of drug-likeness (QED) is 0.621. The molecule has 0 aliphatic heterocycles. The highest BCUT2D eigenvalue weighted by Gasteiger charge is 2.26. The maximum absolute atomic E-state index is 12.1. The van der Waals surface area contributed by atoms with Crippen LogP contribution in [-0.4, -0.2) is 47.6 Å². The first-order valence-corrected chi connectivity index (χ1v) is 8.61. The zero-order chi connectivity index (χ0) is 20.6. The van der Waals surface area contributed by atoms with Crippen molar-refractivity contribution >= 4 is 40.5 Å². The molecule has 12 heteroatoms. The van der Waals surface area contributed by atoms with E-state index in [9.17, 15) is 14.7 Å². The summed E-state index contributed by atoms with van der Waals surface area (Å²) in [6.07, 6.45) is 0.403. The average Bonchev–Trinajstić information content (AvgIpc) is 3.17. The molecule has 3 aromatic heterocycles. The number of carbonyl (C=O) groups is 2. The lowest BCUT2D eigenvalue weighted by Crippen LogP contribution is -2.27. The first kappa shape index (κ1) is 19.5. The zero-order valence-electron chi connectivity index (χ0n) is 15.5. The summed E-state index contributed by atoms with van der Waals surface area (Å²) < 4.78 is 11.5. The SMILES string of the molecule is CCn1c(-c2nonc2NC(=O)OC(C)(C)C)nc2c(Cl)ncc(C(=O)O)c21. The van der Waals surface area contributed by atoms with Gasteiger partial charge in [-0.3, -0.25) is 5.32 Å². The van der Waals surface area contributed by atoms with Gasteiger partial charge in [0.2, 0.25) is 5.82 Å². The highest BCUT2D eigenvalue weighted by molar-refractivity contribution is 6.34. The maximum atomic E-state index is 12.1. The fourth-order valence-corrected chi connectivity index (χ4v) is 2.76. The van der Waals surface area contributed by atoms with Crippen molar-refractivity contribution in [3.05, 3.63) is 16.9 Å². The predicted molar refractivity (Wildman–Crippen MR) is 98.3 cm³/mol. The molecule has 0 atom stereocenters. The molecule has 3 rings (SSSR count). The molecule has 2 N–H and O–H groups in total. The predicted octanol–water partition coefficient (Wildman–Crippen LogP) is 3.20. The number of aromatic carboxylic acids is 1. The Bertz CT molecular complexity index is 1070. The summed E-state index contributed by atoms with van der Waals surface area (Å²) in [5.41, 5.74) is -0.233. The topological polar surface area (TPSA) is 145 Å². The van der Waals surface area contributed by atoms with Crippen molar-refractivity contribution in [3.63, 3.8) is 0 Å². The normalized spacial score (nSPS) is 11.6. The number of pyridine rings is 1. The molecule has 3 aromatic rings. The number of aryl methyl sites for hydroxylation is 1. The summed E-state index contributed by atoms with van der Waals surface area (Å²) in [7, 11) is 0. The third-order valence-corrected chi connectivity index (χ3v) is 3.87. The summed E-state index contributed by atoms with van der Waals surface area (Å²) >= 11 is 6.11. The Hall–Kier alpha value is -3.21. The number of anilines is 1. The van der Waals surface area contributed by atoms with Crippen molar-refractivity contribution in [1.29, 1.82) is 0 Å². The number of aromatic nitrogens is 5. The first-order valence-electron chi connectivity index (χ1n) is 8.23. The fourth-order valence-electron chi connectivity index (χ4n) is 2.58. The number of amides is 1. The van der Waals surface area contributed by atoms with Crippen LogP contribution in [0.1, 0.15) is 38.1 Å². The highest BCUT2D eigenvalue weighted by atomic mass is 35.5. The number of hydrogen-bond donors (Lipinski definition) is 2. The van der Waals surface area contributed by atoms with E-state index in [0.29, 0.717) is 6.54 Å². The van der Waals surface area contributed by atoms with Crippen molar-refractivity contribution < 1.29 is 24.1 Å². The van der Waals surface area contributed by atoms with Crippen molar-refractivity contribution in [3.8, 4) is 11.5 Å². The van der Waals surface area contributed by atoms with Gasteiger partial charge in [-0.2, -0.15) is 0 Å². The molecule has 0 aliphatic rings. The molecule has 0 saturated heterocycles. The van der Waals surface area contributed by atoms with Crippen LogP contribution in [0.25, 0.3) is 22.6 Å². The molecule has 0 unspecified atom stereocenters. The number of carboxylic acids is 1. The van der Waals surface area contributed by atoms with E-state index in [1.165, 1.54) is 0 Å². The van der Waals surface area contributed by atoms with Crippen LogP contribution in [0.5, 0.6) is 0 Å². The second kappa shape index (κ2) is 7.08. The Kier molecular flexibility index (Phi) is 4.94. The number of nitrogens with one attached hydrogen (secondary N) is 1. The Balaban J connectivity index is 2.12. The Morgan fingerprint density at radius 1 is 1.36 bits per heavy atom. The molecular formula is C16H17ClN6O5. The number of nitrogens with zero attached hydrogens (tertiary/aromatic N) is 5. The van der Waals surface area contributed by atoms with Crippen molar-refractivity contribution in [2.45, 2.75) is 39.8 Å². The number of carbonyl (C=O) groups excluding carboxylic acids is 1. The smallest absolute Gasteiger partial charge is 0.413 e. The molecular weight excluding hydrogens is 392 g/mol. The van der Waals surface area contributed by atoms with E-state index >= 15 is 0 Å². The number of carboxylic acid groups (broad SMARTS) is 1. The van der Waals surface area contributed by atoms with Gasteiger partial charge in [0.05, 0.1) is 5.52 Å².